The summed E-state index contributed by atoms with van der Waals surface area (Å²) in [7, 11) is 0. The predicted octanol–water partition coefficient (Wildman–Crippen LogP) is 5.44. The molecule has 4 heteroatoms. The summed E-state index contributed by atoms with van der Waals surface area (Å²) in [5.41, 5.74) is 3.70. The molecule has 1 heterocycles. The molecule has 128 valence electrons. The molecule has 26 heavy (non-hydrogen) atoms. The number of hydrogen-bond donors (Lipinski definition) is 0. The minimum absolute atomic E-state index is 0.0773. The monoisotopic (exact) mass is 404 g/mol. The Labute approximate surface area is 161 Å². The molecule has 1 aliphatic heterocycles. The van der Waals surface area contributed by atoms with Crippen LogP contribution in [0.1, 0.15) is 33.9 Å². The average Bonchev–Trinajstić information content (AvgIpc) is 3.15. The SMILES string of the molecule is O=C(c1ccccc1)N1N=C(c2ccc(Br)cc2)C[C@@H]1c1ccccc1. The fourth-order valence-electron chi connectivity index (χ4n) is 3.16. The number of hydrazone groups is 1. The molecule has 0 aromatic heterocycles. The van der Waals surface area contributed by atoms with Crippen LogP contribution in [0.2, 0.25) is 0 Å². The number of halogens is 1. The highest BCUT2D eigenvalue weighted by Gasteiger charge is 2.33. The van der Waals surface area contributed by atoms with Crippen molar-refractivity contribution in [1.29, 1.82) is 0 Å². The Morgan fingerprint density at radius 1 is 0.885 bits per heavy atom. The van der Waals surface area contributed by atoms with Crippen molar-refractivity contribution in [2.75, 3.05) is 0 Å². The topological polar surface area (TPSA) is 32.7 Å². The Kier molecular flexibility index (Phi) is 4.67. The fraction of sp³-hybridized carbons (Fsp3) is 0.0909. The fourth-order valence-corrected chi connectivity index (χ4v) is 3.43. The smallest absolute Gasteiger partial charge is 0.267 e. The zero-order valence-electron chi connectivity index (χ0n) is 14.0. The molecule has 0 aliphatic carbocycles. The van der Waals surface area contributed by atoms with Gasteiger partial charge in [0.1, 0.15) is 0 Å². The second-order valence-corrected chi connectivity index (χ2v) is 7.12. The quantitative estimate of drug-likeness (QED) is 0.571. The van der Waals surface area contributed by atoms with Crippen LogP contribution in [0, 0.1) is 0 Å². The van der Waals surface area contributed by atoms with Gasteiger partial charge in [-0.25, -0.2) is 5.01 Å². The molecule has 1 atom stereocenters. The number of carbonyl (C=O) groups is 1. The lowest BCUT2D eigenvalue weighted by molar-refractivity contribution is 0.0711. The largest absolute Gasteiger partial charge is 0.274 e. The maximum atomic E-state index is 13.1. The summed E-state index contributed by atoms with van der Waals surface area (Å²) in [6.07, 6.45) is 0.699. The van der Waals surface area contributed by atoms with Gasteiger partial charge in [0.25, 0.3) is 5.91 Å². The summed E-state index contributed by atoms with van der Waals surface area (Å²) in [6, 6.07) is 27.4. The van der Waals surface area contributed by atoms with Gasteiger partial charge in [-0.3, -0.25) is 4.79 Å². The van der Waals surface area contributed by atoms with Gasteiger partial charge >= 0.3 is 0 Å². The lowest BCUT2D eigenvalue weighted by atomic mass is 9.98. The molecular weight excluding hydrogens is 388 g/mol. The van der Waals surface area contributed by atoms with Crippen molar-refractivity contribution < 1.29 is 4.79 Å². The first kappa shape index (κ1) is 16.7. The van der Waals surface area contributed by atoms with E-state index in [1.54, 1.807) is 5.01 Å². The van der Waals surface area contributed by atoms with Gasteiger partial charge in [-0.1, -0.05) is 76.6 Å². The predicted molar refractivity (Wildman–Crippen MR) is 107 cm³/mol. The van der Waals surface area contributed by atoms with Crippen LogP contribution in [0.3, 0.4) is 0 Å². The average molecular weight is 405 g/mol. The summed E-state index contributed by atoms with van der Waals surface area (Å²) in [5.74, 6) is -0.0773. The van der Waals surface area contributed by atoms with Crippen molar-refractivity contribution in [3.63, 3.8) is 0 Å². The first-order chi connectivity index (χ1) is 12.7. The highest BCUT2D eigenvalue weighted by Crippen LogP contribution is 2.34. The van der Waals surface area contributed by atoms with E-state index in [9.17, 15) is 4.79 Å². The summed E-state index contributed by atoms with van der Waals surface area (Å²) in [4.78, 5) is 13.1. The van der Waals surface area contributed by atoms with Crippen molar-refractivity contribution in [3.8, 4) is 0 Å². The van der Waals surface area contributed by atoms with Gasteiger partial charge in [0.15, 0.2) is 0 Å². The number of carbonyl (C=O) groups excluding carboxylic acids is 1. The molecule has 3 nitrogen and oxygen atoms in total. The van der Waals surface area contributed by atoms with Crippen molar-refractivity contribution in [1.82, 2.24) is 5.01 Å². The molecule has 0 N–H and O–H groups in total. The molecule has 3 aromatic carbocycles. The molecule has 1 aliphatic rings. The summed E-state index contributed by atoms with van der Waals surface area (Å²) < 4.78 is 1.02. The maximum absolute atomic E-state index is 13.1. The third-order valence-electron chi connectivity index (χ3n) is 4.50. The minimum atomic E-state index is -0.0949. The van der Waals surface area contributed by atoms with Gasteiger partial charge in [0.05, 0.1) is 11.8 Å². The van der Waals surface area contributed by atoms with E-state index in [2.05, 4.69) is 28.1 Å². The lowest BCUT2D eigenvalue weighted by Gasteiger charge is -2.22. The summed E-state index contributed by atoms with van der Waals surface area (Å²) in [6.45, 7) is 0. The van der Waals surface area contributed by atoms with Gasteiger partial charge in [-0.2, -0.15) is 5.10 Å². The second-order valence-electron chi connectivity index (χ2n) is 6.20. The molecule has 0 fully saturated rings. The second kappa shape index (κ2) is 7.26. The normalized spacial score (nSPS) is 16.4. The Hall–Kier alpha value is -2.72. The Morgan fingerprint density at radius 2 is 1.50 bits per heavy atom. The van der Waals surface area contributed by atoms with Crippen molar-refractivity contribution in [2.45, 2.75) is 12.5 Å². The van der Waals surface area contributed by atoms with E-state index in [0.717, 1.165) is 21.3 Å². The molecule has 0 bridgehead atoms. The number of rotatable bonds is 3. The van der Waals surface area contributed by atoms with Crippen LogP contribution in [-0.4, -0.2) is 16.6 Å². The van der Waals surface area contributed by atoms with E-state index in [1.165, 1.54) is 0 Å². The third kappa shape index (κ3) is 3.33. The van der Waals surface area contributed by atoms with Crippen LogP contribution < -0.4 is 0 Å². The van der Waals surface area contributed by atoms with E-state index < -0.39 is 0 Å². The Bertz CT molecular complexity index is 937. The highest BCUT2D eigenvalue weighted by molar-refractivity contribution is 9.10. The molecule has 4 rings (SSSR count). The zero-order chi connectivity index (χ0) is 17.9. The molecule has 3 aromatic rings. The number of hydrogen-bond acceptors (Lipinski definition) is 2. The Balaban J connectivity index is 1.72. The maximum Gasteiger partial charge on any atom is 0.274 e. The van der Waals surface area contributed by atoms with Gasteiger partial charge < -0.3 is 0 Å². The number of nitrogens with zero attached hydrogens (tertiary/aromatic N) is 2. The van der Waals surface area contributed by atoms with Crippen LogP contribution in [0.15, 0.2) is 94.5 Å². The Morgan fingerprint density at radius 3 is 2.15 bits per heavy atom. The number of amides is 1. The molecule has 0 radical (unpaired) electrons. The van der Waals surface area contributed by atoms with Crippen molar-refractivity contribution in [3.05, 3.63) is 106 Å². The van der Waals surface area contributed by atoms with Gasteiger partial charge in [0, 0.05) is 16.5 Å². The van der Waals surface area contributed by atoms with Gasteiger partial charge in [-0.15, -0.1) is 0 Å². The van der Waals surface area contributed by atoms with Crippen molar-refractivity contribution >= 4 is 27.5 Å². The molecule has 0 spiro atoms. The van der Waals surface area contributed by atoms with E-state index in [-0.39, 0.29) is 11.9 Å². The van der Waals surface area contributed by atoms with E-state index in [1.807, 2.05) is 72.8 Å². The third-order valence-corrected chi connectivity index (χ3v) is 5.03. The first-order valence-corrected chi connectivity index (χ1v) is 9.28. The van der Waals surface area contributed by atoms with Crippen LogP contribution >= 0.6 is 15.9 Å². The molecule has 0 saturated heterocycles. The van der Waals surface area contributed by atoms with Gasteiger partial charge in [-0.05, 0) is 35.4 Å². The summed E-state index contributed by atoms with van der Waals surface area (Å²) >= 11 is 3.46. The molecule has 0 saturated carbocycles. The number of benzene rings is 3. The minimum Gasteiger partial charge on any atom is -0.267 e. The van der Waals surface area contributed by atoms with E-state index in [0.29, 0.717) is 12.0 Å². The summed E-state index contributed by atoms with van der Waals surface area (Å²) in [5, 5.41) is 6.33. The van der Waals surface area contributed by atoms with E-state index >= 15 is 0 Å². The zero-order valence-corrected chi connectivity index (χ0v) is 15.6. The lowest BCUT2D eigenvalue weighted by Crippen LogP contribution is -2.27. The standard InChI is InChI=1S/C22H17BrN2O/c23-19-13-11-16(12-14-19)20-15-21(17-7-3-1-4-8-17)25(24-20)22(26)18-9-5-2-6-10-18/h1-14,21H,15H2/t21-/m1/s1. The molecule has 0 unspecified atom stereocenters. The van der Waals surface area contributed by atoms with Crippen LogP contribution in [0.4, 0.5) is 0 Å². The highest BCUT2D eigenvalue weighted by atomic mass is 79.9. The van der Waals surface area contributed by atoms with Crippen LogP contribution in [0.5, 0.6) is 0 Å². The van der Waals surface area contributed by atoms with Crippen molar-refractivity contribution in [2.24, 2.45) is 5.10 Å². The van der Waals surface area contributed by atoms with Crippen LogP contribution in [-0.2, 0) is 0 Å². The molecule has 1 amide bonds. The van der Waals surface area contributed by atoms with Crippen LogP contribution in [0.25, 0.3) is 0 Å². The van der Waals surface area contributed by atoms with Gasteiger partial charge in [0.2, 0.25) is 0 Å². The molecular formula is C22H17BrN2O. The van der Waals surface area contributed by atoms with E-state index in [4.69, 9.17) is 5.10 Å². The first-order valence-electron chi connectivity index (χ1n) is 8.49.